The van der Waals surface area contributed by atoms with Crippen LogP contribution >= 0.6 is 0 Å². The van der Waals surface area contributed by atoms with E-state index in [-0.39, 0.29) is 11.6 Å². The van der Waals surface area contributed by atoms with Gasteiger partial charge in [0.25, 0.3) is 0 Å². The maximum absolute atomic E-state index is 13.1. The Hall–Kier alpha value is -3.09. The van der Waals surface area contributed by atoms with Crippen LogP contribution in [0.4, 0.5) is 27.7 Å². The van der Waals surface area contributed by atoms with Gasteiger partial charge in [-0.2, -0.15) is 0 Å². The molecule has 1 heterocycles. The summed E-state index contributed by atoms with van der Waals surface area (Å²) in [7, 11) is 5.48. The first-order valence-corrected chi connectivity index (χ1v) is 7.39. The SMILES string of the molecule is CN(c1ccc(F)cc1)c1nnc(N(C)c2ccccc2O)n1C. The Bertz CT molecular complexity index is 846. The van der Waals surface area contributed by atoms with E-state index in [0.717, 1.165) is 5.69 Å². The van der Waals surface area contributed by atoms with Gasteiger partial charge in [-0.05, 0) is 36.4 Å². The molecule has 6 nitrogen and oxygen atoms in total. The summed E-state index contributed by atoms with van der Waals surface area (Å²) >= 11 is 0. The second-order valence-electron chi connectivity index (χ2n) is 5.44. The summed E-state index contributed by atoms with van der Waals surface area (Å²) in [6.45, 7) is 0. The number of aromatic hydroxyl groups is 1. The van der Waals surface area contributed by atoms with Crippen molar-refractivity contribution in [3.63, 3.8) is 0 Å². The van der Waals surface area contributed by atoms with Crippen LogP contribution in [0.1, 0.15) is 0 Å². The summed E-state index contributed by atoms with van der Waals surface area (Å²) in [5.74, 6) is 1.04. The molecule has 0 aliphatic heterocycles. The molecule has 7 heteroatoms. The molecule has 24 heavy (non-hydrogen) atoms. The third kappa shape index (κ3) is 2.76. The first-order chi connectivity index (χ1) is 11.5. The summed E-state index contributed by atoms with van der Waals surface area (Å²) in [4.78, 5) is 3.57. The maximum Gasteiger partial charge on any atom is 0.232 e. The molecule has 3 rings (SSSR count). The summed E-state index contributed by atoms with van der Waals surface area (Å²) in [6.07, 6.45) is 0. The van der Waals surface area contributed by atoms with Gasteiger partial charge in [-0.25, -0.2) is 4.39 Å². The summed E-state index contributed by atoms with van der Waals surface area (Å²) in [6, 6.07) is 13.2. The van der Waals surface area contributed by atoms with Crippen LogP contribution in [0.2, 0.25) is 0 Å². The molecule has 0 spiro atoms. The van der Waals surface area contributed by atoms with Crippen LogP contribution in [-0.2, 0) is 7.05 Å². The Morgan fingerprint density at radius 1 is 0.917 bits per heavy atom. The van der Waals surface area contributed by atoms with Crippen molar-refractivity contribution in [1.29, 1.82) is 0 Å². The van der Waals surface area contributed by atoms with E-state index in [4.69, 9.17) is 0 Å². The highest BCUT2D eigenvalue weighted by atomic mass is 19.1. The van der Waals surface area contributed by atoms with Gasteiger partial charge in [0.2, 0.25) is 11.9 Å². The van der Waals surface area contributed by atoms with Crippen molar-refractivity contribution in [2.75, 3.05) is 23.9 Å². The number of hydrogen-bond acceptors (Lipinski definition) is 5. The Morgan fingerprint density at radius 2 is 1.50 bits per heavy atom. The van der Waals surface area contributed by atoms with E-state index in [2.05, 4.69) is 10.2 Å². The molecule has 0 bridgehead atoms. The van der Waals surface area contributed by atoms with Gasteiger partial charge < -0.3 is 14.9 Å². The van der Waals surface area contributed by atoms with Crippen LogP contribution in [0.15, 0.2) is 48.5 Å². The lowest BCUT2D eigenvalue weighted by Crippen LogP contribution is -2.18. The van der Waals surface area contributed by atoms with E-state index in [9.17, 15) is 9.50 Å². The lowest BCUT2D eigenvalue weighted by Gasteiger charge is -2.21. The van der Waals surface area contributed by atoms with E-state index >= 15 is 0 Å². The minimum absolute atomic E-state index is 0.163. The normalized spacial score (nSPS) is 10.7. The average molecular weight is 327 g/mol. The second-order valence-corrected chi connectivity index (χ2v) is 5.44. The van der Waals surface area contributed by atoms with Gasteiger partial charge in [-0.3, -0.25) is 4.57 Å². The Balaban J connectivity index is 1.94. The minimum atomic E-state index is -0.287. The monoisotopic (exact) mass is 327 g/mol. The highest BCUT2D eigenvalue weighted by Gasteiger charge is 2.19. The number of phenols is 1. The van der Waals surface area contributed by atoms with Crippen molar-refractivity contribution >= 4 is 23.3 Å². The number of halogens is 1. The molecule has 124 valence electrons. The number of anilines is 4. The summed E-state index contributed by atoms with van der Waals surface area (Å²) in [5, 5.41) is 18.4. The zero-order chi connectivity index (χ0) is 17.3. The van der Waals surface area contributed by atoms with E-state index in [1.807, 2.05) is 25.1 Å². The molecule has 0 fully saturated rings. The Morgan fingerprint density at radius 3 is 2.12 bits per heavy atom. The second kappa shape index (κ2) is 6.19. The highest BCUT2D eigenvalue weighted by molar-refractivity contribution is 5.66. The van der Waals surface area contributed by atoms with E-state index in [1.165, 1.54) is 12.1 Å². The molecule has 1 N–H and O–H groups in total. The van der Waals surface area contributed by atoms with Crippen molar-refractivity contribution in [3.05, 3.63) is 54.3 Å². The molecule has 1 aromatic heterocycles. The van der Waals surface area contributed by atoms with Crippen LogP contribution in [0.3, 0.4) is 0 Å². The molecule has 0 saturated heterocycles. The lowest BCUT2D eigenvalue weighted by atomic mass is 10.3. The first-order valence-electron chi connectivity index (χ1n) is 7.39. The van der Waals surface area contributed by atoms with Crippen molar-refractivity contribution in [2.24, 2.45) is 7.05 Å². The predicted octanol–water partition coefficient (Wildman–Crippen LogP) is 3.20. The molecule has 2 aromatic carbocycles. The van der Waals surface area contributed by atoms with Crippen LogP contribution in [0, 0.1) is 5.82 Å². The Labute approximate surface area is 139 Å². The topological polar surface area (TPSA) is 57.4 Å². The number of nitrogens with zero attached hydrogens (tertiary/aromatic N) is 5. The van der Waals surface area contributed by atoms with Gasteiger partial charge >= 0.3 is 0 Å². The van der Waals surface area contributed by atoms with Crippen LogP contribution in [0.25, 0.3) is 0 Å². The summed E-state index contributed by atoms with van der Waals surface area (Å²) in [5.41, 5.74) is 1.42. The zero-order valence-electron chi connectivity index (χ0n) is 13.7. The first kappa shape index (κ1) is 15.8. The van der Waals surface area contributed by atoms with Crippen LogP contribution in [0.5, 0.6) is 5.75 Å². The molecule has 0 radical (unpaired) electrons. The fraction of sp³-hybridized carbons (Fsp3) is 0.176. The minimum Gasteiger partial charge on any atom is -0.506 e. The molecule has 0 atom stereocenters. The summed E-state index contributed by atoms with van der Waals surface area (Å²) < 4.78 is 14.9. The molecular weight excluding hydrogens is 309 g/mol. The Kier molecular flexibility index (Phi) is 4.07. The highest BCUT2D eigenvalue weighted by Crippen LogP contribution is 2.32. The maximum atomic E-state index is 13.1. The largest absolute Gasteiger partial charge is 0.506 e. The number of rotatable bonds is 4. The third-order valence-corrected chi connectivity index (χ3v) is 3.89. The predicted molar refractivity (Wildman–Crippen MR) is 91.6 cm³/mol. The quantitative estimate of drug-likeness (QED) is 0.797. The van der Waals surface area contributed by atoms with Crippen LogP contribution < -0.4 is 9.80 Å². The van der Waals surface area contributed by atoms with Crippen molar-refractivity contribution in [3.8, 4) is 5.75 Å². The van der Waals surface area contributed by atoms with Crippen molar-refractivity contribution in [1.82, 2.24) is 14.8 Å². The molecule has 0 unspecified atom stereocenters. The van der Waals surface area contributed by atoms with Gasteiger partial charge in [0.1, 0.15) is 11.6 Å². The lowest BCUT2D eigenvalue weighted by molar-refractivity contribution is 0.476. The van der Waals surface area contributed by atoms with Crippen molar-refractivity contribution < 1.29 is 9.50 Å². The fourth-order valence-electron chi connectivity index (χ4n) is 2.53. The molecule has 0 aliphatic carbocycles. The van der Waals surface area contributed by atoms with Gasteiger partial charge in [-0.1, -0.05) is 12.1 Å². The number of benzene rings is 2. The van der Waals surface area contributed by atoms with Gasteiger partial charge in [0.15, 0.2) is 0 Å². The zero-order valence-corrected chi connectivity index (χ0v) is 13.7. The average Bonchev–Trinajstić information content (AvgIpc) is 2.96. The molecule has 0 aliphatic rings. The fourth-order valence-corrected chi connectivity index (χ4v) is 2.53. The number of hydrogen-bond donors (Lipinski definition) is 1. The molecule has 0 saturated carbocycles. The van der Waals surface area contributed by atoms with E-state index in [0.29, 0.717) is 17.6 Å². The van der Waals surface area contributed by atoms with Gasteiger partial charge in [0, 0.05) is 26.8 Å². The van der Waals surface area contributed by atoms with E-state index in [1.54, 1.807) is 46.8 Å². The molecule has 0 amide bonds. The number of para-hydroxylation sites is 2. The molecule has 3 aromatic rings. The van der Waals surface area contributed by atoms with Gasteiger partial charge in [0.05, 0.1) is 5.69 Å². The van der Waals surface area contributed by atoms with Gasteiger partial charge in [-0.15, -0.1) is 10.2 Å². The third-order valence-electron chi connectivity index (χ3n) is 3.89. The van der Waals surface area contributed by atoms with Crippen LogP contribution in [-0.4, -0.2) is 34.0 Å². The molecular formula is C17H18FN5O. The van der Waals surface area contributed by atoms with Crippen molar-refractivity contribution in [2.45, 2.75) is 0 Å². The number of aromatic nitrogens is 3. The standard InChI is InChI=1S/C17H18FN5O/c1-21(13-10-8-12(18)9-11-13)16-19-20-17(23(16)3)22(2)14-6-4-5-7-15(14)24/h4-11,24H,1-3H3. The number of phenolic OH excluding ortho intramolecular Hbond substituents is 1. The smallest absolute Gasteiger partial charge is 0.232 e. The van der Waals surface area contributed by atoms with E-state index < -0.39 is 0 Å².